The van der Waals surface area contributed by atoms with Crippen molar-refractivity contribution in [3.63, 3.8) is 0 Å². The number of benzene rings is 2. The quantitative estimate of drug-likeness (QED) is 0.513. The zero-order valence-corrected chi connectivity index (χ0v) is 14.6. The van der Waals surface area contributed by atoms with Gasteiger partial charge in [0.25, 0.3) is 5.91 Å². The number of amides is 1. The lowest BCUT2D eigenvalue weighted by Gasteiger charge is -2.05. The largest absolute Gasteiger partial charge is 0.495 e. The summed E-state index contributed by atoms with van der Waals surface area (Å²) in [5.74, 6) is 0.272. The number of ether oxygens (including phenoxy) is 1. The Morgan fingerprint density at radius 2 is 1.81 bits per heavy atom. The lowest BCUT2D eigenvalue weighted by molar-refractivity contribution is 0.102. The van der Waals surface area contributed by atoms with Crippen LogP contribution in [0.25, 0.3) is 21.5 Å². The number of carbonyl (C=O) groups is 1. The van der Waals surface area contributed by atoms with Gasteiger partial charge in [-0.05, 0) is 29.8 Å². The number of methoxy groups -OCH3 is 1. The smallest absolute Gasteiger partial charge is 0.323 e. The first-order valence-corrected chi connectivity index (χ1v) is 8.72. The fraction of sp³-hybridized carbons (Fsp3) is 0.0526. The molecular formula is C19H15N3O3S. The van der Waals surface area contributed by atoms with E-state index in [0.717, 1.165) is 10.4 Å². The second-order valence-corrected chi connectivity index (χ2v) is 6.72. The number of aromatic amines is 2. The Balaban J connectivity index is 1.64. The Hall–Kier alpha value is -3.32. The summed E-state index contributed by atoms with van der Waals surface area (Å²) >= 11 is 1.37. The highest BCUT2D eigenvalue weighted by atomic mass is 32.1. The van der Waals surface area contributed by atoms with Crippen molar-refractivity contribution in [3.05, 3.63) is 70.0 Å². The van der Waals surface area contributed by atoms with E-state index in [2.05, 4.69) is 15.3 Å². The molecule has 0 radical (unpaired) electrons. The monoisotopic (exact) mass is 365 g/mol. The average molecular weight is 365 g/mol. The fourth-order valence-corrected chi connectivity index (χ4v) is 3.75. The van der Waals surface area contributed by atoms with Gasteiger partial charge in [0.1, 0.15) is 10.6 Å². The van der Waals surface area contributed by atoms with Gasteiger partial charge in [-0.1, -0.05) is 30.3 Å². The number of imidazole rings is 1. The molecule has 3 N–H and O–H groups in total. The van der Waals surface area contributed by atoms with E-state index in [1.54, 1.807) is 25.3 Å². The number of anilines is 1. The minimum atomic E-state index is -0.282. The third kappa shape index (κ3) is 3.00. The molecule has 4 rings (SSSR count). The van der Waals surface area contributed by atoms with Crippen LogP contribution in [-0.2, 0) is 0 Å². The summed E-state index contributed by atoms with van der Waals surface area (Å²) in [6.07, 6.45) is 0. The maximum absolute atomic E-state index is 12.7. The van der Waals surface area contributed by atoms with Crippen LogP contribution in [0, 0.1) is 0 Å². The molecule has 0 saturated carbocycles. The van der Waals surface area contributed by atoms with Crippen molar-refractivity contribution < 1.29 is 9.53 Å². The average Bonchev–Trinajstić information content (AvgIpc) is 3.24. The van der Waals surface area contributed by atoms with Gasteiger partial charge in [0, 0.05) is 10.6 Å². The first kappa shape index (κ1) is 16.2. The summed E-state index contributed by atoms with van der Waals surface area (Å²) in [5, 5.41) is 2.85. The van der Waals surface area contributed by atoms with Crippen LogP contribution in [0.4, 0.5) is 5.69 Å². The molecule has 0 unspecified atom stereocenters. The minimum Gasteiger partial charge on any atom is -0.495 e. The van der Waals surface area contributed by atoms with E-state index in [1.165, 1.54) is 11.3 Å². The minimum absolute atomic E-state index is 0.258. The Kier molecular flexibility index (Phi) is 4.06. The number of fused-ring (bicyclic) bond motifs is 1. The zero-order valence-electron chi connectivity index (χ0n) is 13.8. The van der Waals surface area contributed by atoms with Gasteiger partial charge >= 0.3 is 5.69 Å². The highest BCUT2D eigenvalue weighted by Gasteiger charge is 2.18. The predicted octanol–water partition coefficient (Wildman–Crippen LogP) is 3.85. The van der Waals surface area contributed by atoms with Crippen LogP contribution >= 0.6 is 11.3 Å². The van der Waals surface area contributed by atoms with E-state index in [0.29, 0.717) is 27.3 Å². The van der Waals surface area contributed by atoms with Gasteiger partial charge in [-0.25, -0.2) is 4.79 Å². The molecule has 0 fully saturated rings. The Bertz CT molecular complexity index is 1140. The second-order valence-electron chi connectivity index (χ2n) is 5.67. The third-order valence-electron chi connectivity index (χ3n) is 3.96. The van der Waals surface area contributed by atoms with E-state index < -0.39 is 0 Å². The maximum atomic E-state index is 12.7. The van der Waals surface area contributed by atoms with Crippen LogP contribution < -0.4 is 15.7 Å². The van der Waals surface area contributed by atoms with Gasteiger partial charge in [0.05, 0.1) is 18.1 Å². The Morgan fingerprint density at radius 1 is 1.04 bits per heavy atom. The maximum Gasteiger partial charge on any atom is 0.323 e. The van der Waals surface area contributed by atoms with E-state index in [-0.39, 0.29) is 11.6 Å². The Labute approximate surface area is 152 Å². The third-order valence-corrected chi connectivity index (χ3v) is 5.12. The summed E-state index contributed by atoms with van der Waals surface area (Å²) in [4.78, 5) is 30.9. The molecule has 0 bridgehead atoms. The lowest BCUT2D eigenvalue weighted by Crippen LogP contribution is -2.11. The van der Waals surface area contributed by atoms with E-state index in [9.17, 15) is 9.59 Å². The molecule has 2 aromatic heterocycles. The first-order valence-electron chi connectivity index (χ1n) is 7.90. The van der Waals surface area contributed by atoms with Crippen LogP contribution in [0.2, 0.25) is 0 Å². The summed E-state index contributed by atoms with van der Waals surface area (Å²) < 4.78 is 5.38. The van der Waals surface area contributed by atoms with Gasteiger partial charge in [-0.15, -0.1) is 11.3 Å². The number of rotatable bonds is 4. The van der Waals surface area contributed by atoms with Crippen molar-refractivity contribution in [2.75, 3.05) is 12.4 Å². The van der Waals surface area contributed by atoms with Crippen molar-refractivity contribution in [1.82, 2.24) is 9.97 Å². The number of hydrogen-bond donors (Lipinski definition) is 3. The van der Waals surface area contributed by atoms with Crippen molar-refractivity contribution >= 4 is 34.0 Å². The summed E-state index contributed by atoms with van der Waals surface area (Å²) in [6.45, 7) is 0. The second kappa shape index (κ2) is 6.53. The van der Waals surface area contributed by atoms with E-state index in [1.807, 2.05) is 36.4 Å². The highest BCUT2D eigenvalue weighted by Crippen LogP contribution is 2.36. The van der Waals surface area contributed by atoms with Crippen molar-refractivity contribution in [2.45, 2.75) is 0 Å². The summed E-state index contributed by atoms with van der Waals surface area (Å²) in [5.41, 5.74) is 2.66. The van der Waals surface area contributed by atoms with E-state index in [4.69, 9.17) is 4.74 Å². The van der Waals surface area contributed by atoms with Crippen LogP contribution in [-0.4, -0.2) is 23.0 Å². The van der Waals surface area contributed by atoms with Crippen molar-refractivity contribution in [2.24, 2.45) is 0 Å². The molecule has 130 valence electrons. The van der Waals surface area contributed by atoms with Crippen molar-refractivity contribution in [1.29, 1.82) is 0 Å². The number of nitrogens with one attached hydrogen (secondary N) is 3. The molecule has 4 aromatic rings. The van der Waals surface area contributed by atoms with Crippen LogP contribution in [0.3, 0.4) is 0 Å². The molecule has 26 heavy (non-hydrogen) atoms. The highest BCUT2D eigenvalue weighted by molar-refractivity contribution is 7.17. The first-order chi connectivity index (χ1) is 12.6. The van der Waals surface area contributed by atoms with Gasteiger partial charge < -0.3 is 20.0 Å². The van der Waals surface area contributed by atoms with E-state index >= 15 is 0 Å². The predicted molar refractivity (Wildman–Crippen MR) is 103 cm³/mol. The van der Waals surface area contributed by atoms with Crippen molar-refractivity contribution in [3.8, 4) is 16.2 Å². The van der Waals surface area contributed by atoms with Gasteiger partial charge in [-0.3, -0.25) is 4.79 Å². The van der Waals surface area contributed by atoms with Gasteiger partial charge in [0.15, 0.2) is 0 Å². The molecule has 1 amide bonds. The molecule has 0 aliphatic rings. The molecule has 2 heterocycles. The number of carbonyl (C=O) groups excluding carboxylic acids is 1. The van der Waals surface area contributed by atoms with Gasteiger partial charge in [0.2, 0.25) is 0 Å². The van der Waals surface area contributed by atoms with Crippen LogP contribution in [0.5, 0.6) is 5.75 Å². The van der Waals surface area contributed by atoms with Crippen LogP contribution in [0.15, 0.2) is 59.4 Å². The summed E-state index contributed by atoms with van der Waals surface area (Å²) in [7, 11) is 1.55. The number of aromatic nitrogens is 2. The molecule has 0 saturated heterocycles. The number of thiophene rings is 1. The SMILES string of the molecule is COc1cc(-c2ccccc2)sc1C(=O)Nc1ccc2[nH]c(=O)[nH]c2c1. The molecule has 0 atom stereocenters. The number of hydrogen-bond acceptors (Lipinski definition) is 4. The van der Waals surface area contributed by atoms with Gasteiger partial charge in [-0.2, -0.15) is 0 Å². The summed E-state index contributed by atoms with van der Waals surface area (Å²) in [6, 6.07) is 16.9. The topological polar surface area (TPSA) is 87.0 Å². The Morgan fingerprint density at radius 3 is 2.58 bits per heavy atom. The fourth-order valence-electron chi connectivity index (χ4n) is 2.73. The molecule has 0 aliphatic heterocycles. The van der Waals surface area contributed by atoms with Crippen LogP contribution in [0.1, 0.15) is 9.67 Å². The lowest BCUT2D eigenvalue weighted by atomic mass is 10.2. The zero-order chi connectivity index (χ0) is 18.1. The molecule has 0 aliphatic carbocycles. The molecule has 2 aromatic carbocycles. The molecule has 7 heteroatoms. The molecular weight excluding hydrogens is 350 g/mol. The number of H-pyrrole nitrogens is 2. The normalized spacial score (nSPS) is 10.8. The molecule has 6 nitrogen and oxygen atoms in total. The molecule has 0 spiro atoms. The standard InChI is InChI=1S/C19H15N3O3S/c1-25-15-10-16(11-5-3-2-4-6-11)26-17(15)18(23)20-12-7-8-13-14(9-12)22-19(24)21-13/h2-10H,1H3,(H,20,23)(H2,21,22,24).